The summed E-state index contributed by atoms with van der Waals surface area (Å²) in [6, 6.07) is 4.86. The molecule has 0 bridgehead atoms. The van der Waals surface area contributed by atoms with Crippen molar-refractivity contribution in [3.63, 3.8) is 0 Å². The predicted octanol–water partition coefficient (Wildman–Crippen LogP) is 1.50. The molecule has 0 saturated heterocycles. The first-order valence-corrected chi connectivity index (χ1v) is 4.62. The highest BCUT2D eigenvalue weighted by molar-refractivity contribution is 5.89. The highest BCUT2D eigenvalue weighted by Crippen LogP contribution is 2.24. The Morgan fingerprint density at radius 3 is 2.53 bits per heavy atom. The van der Waals surface area contributed by atoms with Crippen LogP contribution in [0.25, 0.3) is 0 Å². The first-order chi connectivity index (χ1) is 7.10. The number of carbonyl (C=O) groups excluding carboxylic acids is 1. The number of carbonyl (C=O) groups is 1. The lowest BCUT2D eigenvalue weighted by atomic mass is 10.0. The number of benzene rings is 1. The largest absolute Gasteiger partial charge is 0.496 e. The zero-order chi connectivity index (χ0) is 11.4. The Morgan fingerprint density at radius 2 is 2.07 bits per heavy atom. The molecular weight excluding hydrogens is 194 g/mol. The van der Waals surface area contributed by atoms with Crippen LogP contribution in [0, 0.1) is 0 Å². The molecule has 4 nitrogen and oxygen atoms in total. The zero-order valence-electron chi connectivity index (χ0n) is 9.11. The SMILES string of the molecule is COC(=O)c1ccc(OC)c([C@H](C)N)c1. The highest BCUT2D eigenvalue weighted by Gasteiger charge is 2.12. The molecule has 0 aliphatic rings. The van der Waals surface area contributed by atoms with E-state index in [2.05, 4.69) is 4.74 Å². The summed E-state index contributed by atoms with van der Waals surface area (Å²) in [5, 5.41) is 0. The van der Waals surface area contributed by atoms with E-state index < -0.39 is 0 Å². The van der Waals surface area contributed by atoms with Crippen LogP contribution >= 0.6 is 0 Å². The summed E-state index contributed by atoms with van der Waals surface area (Å²) >= 11 is 0. The van der Waals surface area contributed by atoms with Crippen LogP contribution in [-0.4, -0.2) is 20.2 Å². The van der Waals surface area contributed by atoms with Gasteiger partial charge in [-0.05, 0) is 25.1 Å². The van der Waals surface area contributed by atoms with Crippen LogP contribution in [-0.2, 0) is 4.74 Å². The smallest absolute Gasteiger partial charge is 0.337 e. The van der Waals surface area contributed by atoms with Gasteiger partial charge in [0.25, 0.3) is 0 Å². The van der Waals surface area contributed by atoms with Crippen molar-refractivity contribution in [2.75, 3.05) is 14.2 Å². The maximum Gasteiger partial charge on any atom is 0.337 e. The third kappa shape index (κ3) is 2.47. The average Bonchev–Trinajstić information content (AvgIpc) is 2.27. The Kier molecular flexibility index (Phi) is 3.68. The van der Waals surface area contributed by atoms with E-state index in [-0.39, 0.29) is 12.0 Å². The lowest BCUT2D eigenvalue weighted by Crippen LogP contribution is -2.09. The molecule has 2 N–H and O–H groups in total. The zero-order valence-corrected chi connectivity index (χ0v) is 9.11. The van der Waals surface area contributed by atoms with Crippen LogP contribution in [0.15, 0.2) is 18.2 Å². The fraction of sp³-hybridized carbons (Fsp3) is 0.364. The Bertz CT molecular complexity index is 361. The summed E-state index contributed by atoms with van der Waals surface area (Å²) < 4.78 is 9.77. The summed E-state index contributed by atoms with van der Waals surface area (Å²) in [5.74, 6) is 0.303. The number of methoxy groups -OCH3 is 2. The summed E-state index contributed by atoms with van der Waals surface area (Å²) in [6.45, 7) is 1.83. The molecule has 1 atom stereocenters. The number of hydrogen-bond donors (Lipinski definition) is 1. The maximum atomic E-state index is 11.3. The molecule has 0 aliphatic carbocycles. The fourth-order valence-electron chi connectivity index (χ4n) is 1.34. The Balaban J connectivity index is 3.16. The summed E-state index contributed by atoms with van der Waals surface area (Å²) in [4.78, 5) is 11.3. The van der Waals surface area contributed by atoms with E-state index in [9.17, 15) is 4.79 Å². The van der Waals surface area contributed by atoms with Gasteiger partial charge in [-0.15, -0.1) is 0 Å². The molecular formula is C11H15NO3. The standard InChI is InChI=1S/C11H15NO3/c1-7(12)9-6-8(11(13)15-3)4-5-10(9)14-2/h4-7H,12H2,1-3H3/t7-/m0/s1. The first-order valence-electron chi connectivity index (χ1n) is 4.62. The van der Waals surface area contributed by atoms with Crippen molar-refractivity contribution in [3.05, 3.63) is 29.3 Å². The lowest BCUT2D eigenvalue weighted by molar-refractivity contribution is 0.0600. The second kappa shape index (κ2) is 4.79. The molecule has 0 aromatic heterocycles. The van der Waals surface area contributed by atoms with E-state index in [1.807, 2.05) is 6.92 Å². The molecule has 0 radical (unpaired) electrons. The molecule has 82 valence electrons. The van der Waals surface area contributed by atoms with Crippen molar-refractivity contribution in [1.29, 1.82) is 0 Å². The van der Waals surface area contributed by atoms with E-state index in [1.54, 1.807) is 25.3 Å². The van der Waals surface area contributed by atoms with Crippen molar-refractivity contribution in [2.24, 2.45) is 5.73 Å². The van der Waals surface area contributed by atoms with Gasteiger partial charge in [-0.3, -0.25) is 0 Å². The van der Waals surface area contributed by atoms with E-state index in [1.165, 1.54) is 7.11 Å². The first kappa shape index (κ1) is 11.5. The molecule has 0 heterocycles. The van der Waals surface area contributed by atoms with E-state index >= 15 is 0 Å². The molecule has 1 aromatic rings. The van der Waals surface area contributed by atoms with Gasteiger partial charge < -0.3 is 15.2 Å². The van der Waals surface area contributed by atoms with Crippen LogP contribution < -0.4 is 10.5 Å². The monoisotopic (exact) mass is 209 g/mol. The molecule has 0 saturated carbocycles. The van der Waals surface area contributed by atoms with Gasteiger partial charge >= 0.3 is 5.97 Å². The molecule has 15 heavy (non-hydrogen) atoms. The molecule has 0 unspecified atom stereocenters. The summed E-state index contributed by atoms with van der Waals surface area (Å²) in [6.07, 6.45) is 0. The third-order valence-corrected chi connectivity index (χ3v) is 2.14. The minimum Gasteiger partial charge on any atom is -0.496 e. The van der Waals surface area contributed by atoms with Crippen molar-refractivity contribution in [2.45, 2.75) is 13.0 Å². The van der Waals surface area contributed by atoms with Gasteiger partial charge in [0.2, 0.25) is 0 Å². The second-order valence-electron chi connectivity index (χ2n) is 3.24. The summed E-state index contributed by atoms with van der Waals surface area (Å²) in [5.41, 5.74) is 7.04. The number of nitrogens with two attached hydrogens (primary N) is 1. The van der Waals surface area contributed by atoms with E-state index in [0.717, 1.165) is 5.56 Å². The molecule has 1 rings (SSSR count). The number of rotatable bonds is 3. The molecule has 4 heteroatoms. The van der Waals surface area contributed by atoms with Crippen LogP contribution in [0.1, 0.15) is 28.9 Å². The molecule has 0 amide bonds. The molecule has 0 fully saturated rings. The minimum atomic E-state index is -0.375. The third-order valence-electron chi connectivity index (χ3n) is 2.14. The van der Waals surface area contributed by atoms with Crippen molar-refractivity contribution >= 4 is 5.97 Å². The van der Waals surface area contributed by atoms with Crippen LogP contribution in [0.2, 0.25) is 0 Å². The van der Waals surface area contributed by atoms with Crippen molar-refractivity contribution in [3.8, 4) is 5.75 Å². The Labute approximate surface area is 89.0 Å². The molecule has 0 spiro atoms. The normalized spacial score (nSPS) is 12.0. The quantitative estimate of drug-likeness (QED) is 0.766. The second-order valence-corrected chi connectivity index (χ2v) is 3.24. The maximum absolute atomic E-state index is 11.3. The van der Waals surface area contributed by atoms with E-state index in [4.69, 9.17) is 10.5 Å². The van der Waals surface area contributed by atoms with Gasteiger partial charge in [0.05, 0.1) is 19.8 Å². The van der Waals surface area contributed by atoms with Crippen molar-refractivity contribution in [1.82, 2.24) is 0 Å². The van der Waals surface area contributed by atoms with Gasteiger partial charge in [0.15, 0.2) is 0 Å². The number of ether oxygens (including phenoxy) is 2. The van der Waals surface area contributed by atoms with Gasteiger partial charge in [0, 0.05) is 11.6 Å². The Morgan fingerprint density at radius 1 is 1.40 bits per heavy atom. The Hall–Kier alpha value is -1.55. The van der Waals surface area contributed by atoms with Crippen molar-refractivity contribution < 1.29 is 14.3 Å². The van der Waals surface area contributed by atoms with Crippen LogP contribution in [0.3, 0.4) is 0 Å². The minimum absolute atomic E-state index is 0.190. The number of esters is 1. The average molecular weight is 209 g/mol. The topological polar surface area (TPSA) is 61.5 Å². The van der Waals surface area contributed by atoms with E-state index in [0.29, 0.717) is 11.3 Å². The fourth-order valence-corrected chi connectivity index (χ4v) is 1.34. The van der Waals surface area contributed by atoms with Gasteiger partial charge in [0.1, 0.15) is 5.75 Å². The van der Waals surface area contributed by atoms with Gasteiger partial charge in [-0.25, -0.2) is 4.79 Å². The highest BCUT2D eigenvalue weighted by atomic mass is 16.5. The van der Waals surface area contributed by atoms with Gasteiger partial charge in [-0.2, -0.15) is 0 Å². The van der Waals surface area contributed by atoms with Gasteiger partial charge in [-0.1, -0.05) is 0 Å². The predicted molar refractivity (Wildman–Crippen MR) is 56.9 cm³/mol. The summed E-state index contributed by atoms with van der Waals surface area (Å²) in [7, 11) is 2.91. The number of hydrogen-bond acceptors (Lipinski definition) is 4. The lowest BCUT2D eigenvalue weighted by Gasteiger charge is -2.12. The van der Waals surface area contributed by atoms with Crippen LogP contribution in [0.5, 0.6) is 5.75 Å². The molecule has 0 aliphatic heterocycles. The van der Waals surface area contributed by atoms with Crippen LogP contribution in [0.4, 0.5) is 0 Å². The molecule has 1 aromatic carbocycles.